The second kappa shape index (κ2) is 10.2. The van der Waals surface area contributed by atoms with Crippen LogP contribution in [0.5, 0.6) is 5.75 Å². The summed E-state index contributed by atoms with van der Waals surface area (Å²) < 4.78 is 12.2. The fourth-order valence-corrected chi connectivity index (χ4v) is 3.86. The third-order valence-electron chi connectivity index (χ3n) is 4.87. The largest absolute Gasteiger partial charge is 0.497 e. The predicted molar refractivity (Wildman–Crippen MR) is 118 cm³/mol. The van der Waals surface area contributed by atoms with Crippen LogP contribution in [0.25, 0.3) is 11.4 Å². The molecule has 31 heavy (non-hydrogen) atoms. The van der Waals surface area contributed by atoms with Crippen molar-refractivity contribution in [2.75, 3.05) is 27.4 Å². The van der Waals surface area contributed by atoms with Crippen LogP contribution in [-0.2, 0) is 11.3 Å². The standard InChI is InChI=1S/C22H25N3O5S/c1-14-17(20(26)23-9-4-10-29-2)11-19(18-13-31-21(24-18)22(27)28)25(14)12-15-5-7-16(30-3)8-6-15/h5-8,11,13H,4,9-10,12H2,1-3H3,(H,23,26)(H,27,28). The van der Waals surface area contributed by atoms with Crippen LogP contribution in [0.15, 0.2) is 35.7 Å². The van der Waals surface area contributed by atoms with E-state index in [1.54, 1.807) is 25.7 Å². The van der Waals surface area contributed by atoms with Crippen molar-refractivity contribution in [3.63, 3.8) is 0 Å². The summed E-state index contributed by atoms with van der Waals surface area (Å²) in [6, 6.07) is 9.43. The Morgan fingerprint density at radius 3 is 2.58 bits per heavy atom. The summed E-state index contributed by atoms with van der Waals surface area (Å²) in [6.45, 7) is 3.45. The molecule has 9 heteroatoms. The number of carbonyl (C=O) groups excluding carboxylic acids is 1. The van der Waals surface area contributed by atoms with Crippen molar-refractivity contribution in [1.29, 1.82) is 0 Å². The van der Waals surface area contributed by atoms with Crippen LogP contribution >= 0.6 is 11.3 Å². The number of aromatic nitrogens is 2. The number of amides is 1. The normalized spacial score (nSPS) is 10.8. The number of thiazole rings is 1. The molecule has 0 fully saturated rings. The molecular formula is C22H25N3O5S. The fraction of sp³-hybridized carbons (Fsp3) is 0.318. The summed E-state index contributed by atoms with van der Waals surface area (Å²) >= 11 is 1.06. The smallest absolute Gasteiger partial charge is 0.365 e. The lowest BCUT2D eigenvalue weighted by Gasteiger charge is -2.12. The van der Waals surface area contributed by atoms with Gasteiger partial charge in [-0.05, 0) is 37.1 Å². The van der Waals surface area contributed by atoms with E-state index in [-0.39, 0.29) is 10.9 Å². The molecule has 0 aliphatic heterocycles. The van der Waals surface area contributed by atoms with E-state index in [0.29, 0.717) is 36.6 Å². The Labute approximate surface area is 184 Å². The zero-order chi connectivity index (χ0) is 22.4. The van der Waals surface area contributed by atoms with Crippen molar-refractivity contribution in [3.8, 4) is 17.1 Å². The zero-order valence-corrected chi connectivity index (χ0v) is 18.5. The average molecular weight is 444 g/mol. The molecule has 0 saturated carbocycles. The Bertz CT molecular complexity index is 1060. The number of nitrogens with one attached hydrogen (secondary N) is 1. The molecule has 164 valence electrons. The van der Waals surface area contributed by atoms with E-state index in [1.807, 2.05) is 35.8 Å². The highest BCUT2D eigenvalue weighted by Gasteiger charge is 2.21. The molecule has 0 aliphatic carbocycles. The maximum atomic E-state index is 12.8. The van der Waals surface area contributed by atoms with Gasteiger partial charge in [0.05, 0.1) is 24.1 Å². The zero-order valence-electron chi connectivity index (χ0n) is 17.7. The molecule has 0 aliphatic rings. The van der Waals surface area contributed by atoms with Gasteiger partial charge in [-0.3, -0.25) is 4.79 Å². The molecular weight excluding hydrogens is 418 g/mol. The van der Waals surface area contributed by atoms with Crippen LogP contribution in [0, 0.1) is 6.92 Å². The number of carbonyl (C=O) groups is 2. The Morgan fingerprint density at radius 2 is 1.97 bits per heavy atom. The lowest BCUT2D eigenvalue weighted by molar-refractivity contribution is 0.0696. The number of nitrogens with zero attached hydrogens (tertiary/aromatic N) is 2. The summed E-state index contributed by atoms with van der Waals surface area (Å²) in [6.07, 6.45) is 0.717. The number of aromatic carboxylic acids is 1. The van der Waals surface area contributed by atoms with Crippen molar-refractivity contribution >= 4 is 23.2 Å². The summed E-state index contributed by atoms with van der Waals surface area (Å²) in [4.78, 5) is 28.3. The van der Waals surface area contributed by atoms with E-state index in [4.69, 9.17) is 9.47 Å². The molecule has 0 spiro atoms. The molecule has 2 heterocycles. The lowest BCUT2D eigenvalue weighted by atomic mass is 10.2. The molecule has 8 nitrogen and oxygen atoms in total. The van der Waals surface area contributed by atoms with Crippen molar-refractivity contribution in [2.45, 2.75) is 19.9 Å². The molecule has 0 atom stereocenters. The topological polar surface area (TPSA) is 103 Å². The van der Waals surface area contributed by atoms with Crippen LogP contribution in [0.2, 0.25) is 0 Å². The van der Waals surface area contributed by atoms with Crippen LogP contribution in [-0.4, -0.2) is 53.9 Å². The molecule has 3 rings (SSSR count). The van der Waals surface area contributed by atoms with Crippen LogP contribution in [0.3, 0.4) is 0 Å². The minimum absolute atomic E-state index is 0.00965. The molecule has 3 aromatic rings. The number of ether oxygens (including phenoxy) is 2. The molecule has 0 bridgehead atoms. The number of carboxylic acid groups (broad SMARTS) is 1. The highest BCUT2D eigenvalue weighted by molar-refractivity contribution is 7.11. The van der Waals surface area contributed by atoms with E-state index in [9.17, 15) is 14.7 Å². The number of hydrogen-bond donors (Lipinski definition) is 2. The first-order valence-electron chi connectivity index (χ1n) is 9.74. The number of benzene rings is 1. The van der Waals surface area contributed by atoms with E-state index in [1.165, 1.54) is 0 Å². The Hall–Kier alpha value is -3.17. The SMILES string of the molecule is COCCCNC(=O)c1cc(-c2csc(C(=O)O)n2)n(Cc2ccc(OC)cc2)c1C. The first-order valence-corrected chi connectivity index (χ1v) is 10.6. The summed E-state index contributed by atoms with van der Waals surface area (Å²) in [7, 11) is 3.24. The molecule has 1 aromatic carbocycles. The number of methoxy groups -OCH3 is 2. The van der Waals surface area contributed by atoms with Crippen molar-refractivity contribution < 1.29 is 24.2 Å². The molecule has 0 unspecified atom stereocenters. The number of carboxylic acids is 1. The Kier molecular flexibility index (Phi) is 7.43. The highest BCUT2D eigenvalue weighted by Crippen LogP contribution is 2.28. The van der Waals surface area contributed by atoms with Gasteiger partial charge >= 0.3 is 5.97 Å². The average Bonchev–Trinajstić information content (AvgIpc) is 3.37. The third-order valence-corrected chi connectivity index (χ3v) is 5.70. The maximum absolute atomic E-state index is 12.8. The van der Waals surface area contributed by atoms with Crippen molar-refractivity contribution in [1.82, 2.24) is 14.9 Å². The van der Waals surface area contributed by atoms with E-state index in [0.717, 1.165) is 34.8 Å². The van der Waals surface area contributed by atoms with E-state index in [2.05, 4.69) is 10.3 Å². The maximum Gasteiger partial charge on any atom is 0.365 e. The van der Waals surface area contributed by atoms with E-state index >= 15 is 0 Å². The van der Waals surface area contributed by atoms with Gasteiger partial charge in [0.2, 0.25) is 5.01 Å². The van der Waals surface area contributed by atoms with Gasteiger partial charge in [-0.1, -0.05) is 12.1 Å². The van der Waals surface area contributed by atoms with Gasteiger partial charge in [-0.25, -0.2) is 9.78 Å². The van der Waals surface area contributed by atoms with Crippen molar-refractivity contribution in [2.24, 2.45) is 0 Å². The van der Waals surface area contributed by atoms with Gasteiger partial charge in [-0.2, -0.15) is 0 Å². The third kappa shape index (κ3) is 5.31. The molecule has 0 radical (unpaired) electrons. The van der Waals surface area contributed by atoms with Crippen molar-refractivity contribution in [3.05, 3.63) is 57.5 Å². The van der Waals surface area contributed by atoms with E-state index < -0.39 is 5.97 Å². The van der Waals surface area contributed by atoms with Gasteiger partial charge < -0.3 is 24.5 Å². The Morgan fingerprint density at radius 1 is 1.23 bits per heavy atom. The first-order chi connectivity index (χ1) is 14.9. The predicted octanol–water partition coefficient (Wildman–Crippen LogP) is 3.44. The first kappa shape index (κ1) is 22.5. The van der Waals surface area contributed by atoms with Gasteiger partial charge in [0.25, 0.3) is 5.91 Å². The second-order valence-corrected chi connectivity index (χ2v) is 7.77. The second-order valence-electron chi connectivity index (χ2n) is 6.91. The summed E-state index contributed by atoms with van der Waals surface area (Å²) in [5.74, 6) is -0.496. The minimum Gasteiger partial charge on any atom is -0.497 e. The number of rotatable bonds is 10. The molecule has 2 N–H and O–H groups in total. The van der Waals surface area contributed by atoms with Gasteiger partial charge in [0, 0.05) is 37.9 Å². The summed E-state index contributed by atoms with van der Waals surface area (Å²) in [5.41, 5.74) is 3.55. The van der Waals surface area contributed by atoms with Crippen LogP contribution in [0.4, 0.5) is 0 Å². The molecule has 2 aromatic heterocycles. The van der Waals surface area contributed by atoms with Gasteiger partial charge in [0.1, 0.15) is 5.75 Å². The minimum atomic E-state index is -1.07. The quantitative estimate of drug-likeness (QED) is 0.466. The molecule has 0 saturated heterocycles. The lowest BCUT2D eigenvalue weighted by Crippen LogP contribution is -2.25. The molecule has 1 amide bonds. The van der Waals surface area contributed by atoms with Crippen LogP contribution in [0.1, 0.15) is 37.8 Å². The van der Waals surface area contributed by atoms with Gasteiger partial charge in [0.15, 0.2) is 0 Å². The van der Waals surface area contributed by atoms with Crippen LogP contribution < -0.4 is 10.1 Å². The highest BCUT2D eigenvalue weighted by atomic mass is 32.1. The fourth-order valence-electron chi connectivity index (χ4n) is 3.21. The monoisotopic (exact) mass is 443 g/mol. The summed E-state index contributed by atoms with van der Waals surface area (Å²) in [5, 5.41) is 13.9. The van der Waals surface area contributed by atoms with Gasteiger partial charge in [-0.15, -0.1) is 11.3 Å². The Balaban J connectivity index is 1.95. The number of hydrogen-bond acceptors (Lipinski definition) is 6.